The molecule has 0 amide bonds. The number of methoxy groups -OCH3 is 2. The molecule has 0 aliphatic carbocycles. The van der Waals surface area contributed by atoms with E-state index in [1.165, 1.54) is 5.69 Å². The summed E-state index contributed by atoms with van der Waals surface area (Å²) in [5.74, 6) is 2.53. The van der Waals surface area contributed by atoms with Gasteiger partial charge in [0, 0.05) is 50.0 Å². The van der Waals surface area contributed by atoms with Crippen molar-refractivity contribution in [3.8, 4) is 17.2 Å². The van der Waals surface area contributed by atoms with E-state index in [0.29, 0.717) is 18.3 Å². The van der Waals surface area contributed by atoms with Crippen LogP contribution in [-0.4, -0.2) is 51.5 Å². The molecular weight excluding hydrogens is 368 g/mol. The number of anilines is 1. The molecule has 156 valence electrons. The zero-order chi connectivity index (χ0) is 20.6. The van der Waals surface area contributed by atoms with Gasteiger partial charge in [0.25, 0.3) is 0 Å². The van der Waals surface area contributed by atoms with Crippen LogP contribution >= 0.6 is 0 Å². The molecule has 0 bridgehead atoms. The van der Waals surface area contributed by atoms with Crippen LogP contribution in [0.1, 0.15) is 18.4 Å². The highest BCUT2D eigenvalue weighted by molar-refractivity contribution is 5.80. The number of hydrogen-bond donors (Lipinski definition) is 3. The third kappa shape index (κ3) is 5.47. The Morgan fingerprint density at radius 1 is 1.17 bits per heavy atom. The summed E-state index contributed by atoms with van der Waals surface area (Å²) >= 11 is 0. The second-order valence-electron chi connectivity index (χ2n) is 7.05. The van der Waals surface area contributed by atoms with Gasteiger partial charge in [-0.15, -0.1) is 0 Å². The molecule has 2 aromatic rings. The van der Waals surface area contributed by atoms with Crippen LogP contribution in [0.3, 0.4) is 0 Å². The van der Waals surface area contributed by atoms with Gasteiger partial charge in [0.05, 0.1) is 14.2 Å². The summed E-state index contributed by atoms with van der Waals surface area (Å²) in [4.78, 5) is 6.70. The van der Waals surface area contributed by atoms with Crippen LogP contribution in [0, 0.1) is 0 Å². The van der Waals surface area contributed by atoms with Gasteiger partial charge in [0.1, 0.15) is 17.2 Å². The minimum Gasteiger partial charge on any atom is -0.508 e. The van der Waals surface area contributed by atoms with E-state index in [1.54, 1.807) is 33.4 Å². The minimum atomic E-state index is 0.232. The minimum absolute atomic E-state index is 0.232. The summed E-state index contributed by atoms with van der Waals surface area (Å²) in [6.45, 7) is 2.36. The predicted octanol–water partition coefficient (Wildman–Crippen LogP) is 2.74. The molecule has 29 heavy (non-hydrogen) atoms. The average Bonchev–Trinajstić information content (AvgIpc) is 2.77. The van der Waals surface area contributed by atoms with Gasteiger partial charge < -0.3 is 30.1 Å². The number of benzene rings is 2. The van der Waals surface area contributed by atoms with Crippen molar-refractivity contribution in [2.24, 2.45) is 4.99 Å². The van der Waals surface area contributed by atoms with Gasteiger partial charge in [-0.2, -0.15) is 0 Å². The first kappa shape index (κ1) is 20.6. The molecule has 7 heteroatoms. The van der Waals surface area contributed by atoms with Gasteiger partial charge in [-0.1, -0.05) is 6.07 Å². The predicted molar refractivity (Wildman–Crippen MR) is 116 cm³/mol. The number of aromatic hydroxyl groups is 1. The molecule has 0 saturated carbocycles. The lowest BCUT2D eigenvalue weighted by Crippen LogP contribution is -2.51. The number of nitrogens with zero attached hydrogens (tertiary/aromatic N) is 2. The van der Waals surface area contributed by atoms with Crippen LogP contribution in [0.15, 0.2) is 47.5 Å². The first-order valence-corrected chi connectivity index (χ1v) is 9.85. The maximum atomic E-state index is 10.1. The lowest BCUT2D eigenvalue weighted by atomic mass is 10.0. The number of phenols is 1. The zero-order valence-electron chi connectivity index (χ0n) is 17.3. The summed E-state index contributed by atoms with van der Waals surface area (Å²) in [5.41, 5.74) is 1.93. The standard InChI is InChI=1S/C22H30N4O3/c1-23-22(24-14-16-12-20(29-3)9-10-21(16)27)25-17-6-5-11-26(15-17)18-7-4-8-19(13-18)28-2/h4,7-10,12-13,17,27H,5-6,11,14-15H2,1-3H3,(H2,23,24,25). The Morgan fingerprint density at radius 3 is 2.72 bits per heavy atom. The lowest BCUT2D eigenvalue weighted by Gasteiger charge is -2.35. The van der Waals surface area contributed by atoms with E-state index in [9.17, 15) is 5.11 Å². The normalized spacial score (nSPS) is 17.0. The van der Waals surface area contributed by atoms with Crippen LogP contribution in [0.4, 0.5) is 5.69 Å². The van der Waals surface area contributed by atoms with Crippen molar-refractivity contribution < 1.29 is 14.6 Å². The van der Waals surface area contributed by atoms with Crippen molar-refractivity contribution in [2.45, 2.75) is 25.4 Å². The maximum Gasteiger partial charge on any atom is 0.191 e. The zero-order valence-corrected chi connectivity index (χ0v) is 17.3. The molecule has 1 aliphatic rings. The van der Waals surface area contributed by atoms with Gasteiger partial charge in [-0.05, 0) is 43.2 Å². The molecule has 1 saturated heterocycles. The molecule has 3 rings (SSSR count). The number of piperidine rings is 1. The van der Waals surface area contributed by atoms with Crippen molar-refractivity contribution in [1.82, 2.24) is 10.6 Å². The molecule has 0 aromatic heterocycles. The van der Waals surface area contributed by atoms with E-state index < -0.39 is 0 Å². The Kier molecular flexibility index (Phi) is 7.05. The molecule has 1 aliphatic heterocycles. The smallest absolute Gasteiger partial charge is 0.191 e. The van der Waals surface area contributed by atoms with Crippen molar-refractivity contribution in [3.05, 3.63) is 48.0 Å². The summed E-state index contributed by atoms with van der Waals surface area (Å²) in [5, 5.41) is 16.9. The summed E-state index contributed by atoms with van der Waals surface area (Å²) in [6.07, 6.45) is 2.17. The van der Waals surface area contributed by atoms with Gasteiger partial charge in [0.2, 0.25) is 0 Å². The first-order chi connectivity index (χ1) is 14.1. The fraction of sp³-hybridized carbons (Fsp3) is 0.409. The molecule has 1 unspecified atom stereocenters. The Labute approximate surface area is 172 Å². The van der Waals surface area contributed by atoms with E-state index in [-0.39, 0.29) is 11.8 Å². The lowest BCUT2D eigenvalue weighted by molar-refractivity contribution is 0.410. The van der Waals surface area contributed by atoms with E-state index in [2.05, 4.69) is 32.7 Å². The molecule has 0 radical (unpaired) electrons. The van der Waals surface area contributed by atoms with E-state index in [1.807, 2.05) is 18.2 Å². The molecule has 0 spiro atoms. The third-order valence-corrected chi connectivity index (χ3v) is 5.14. The first-order valence-electron chi connectivity index (χ1n) is 9.85. The SMILES string of the molecule is CN=C(NCc1cc(OC)ccc1O)NC1CCCN(c2cccc(OC)c2)C1. The number of guanidine groups is 1. The highest BCUT2D eigenvalue weighted by Gasteiger charge is 2.21. The van der Waals surface area contributed by atoms with Crippen LogP contribution in [0.5, 0.6) is 17.2 Å². The molecule has 2 aromatic carbocycles. The fourth-order valence-corrected chi connectivity index (χ4v) is 3.53. The third-order valence-electron chi connectivity index (χ3n) is 5.14. The second kappa shape index (κ2) is 9.91. The summed E-state index contributed by atoms with van der Waals surface area (Å²) in [6, 6.07) is 13.6. The highest BCUT2D eigenvalue weighted by atomic mass is 16.5. The Balaban J connectivity index is 1.59. The summed E-state index contributed by atoms with van der Waals surface area (Å²) < 4.78 is 10.6. The number of hydrogen-bond acceptors (Lipinski definition) is 5. The maximum absolute atomic E-state index is 10.1. The molecule has 1 atom stereocenters. The largest absolute Gasteiger partial charge is 0.508 e. The molecule has 7 nitrogen and oxygen atoms in total. The molecule has 3 N–H and O–H groups in total. The number of phenolic OH excluding ortho intramolecular Hbond substituents is 1. The van der Waals surface area contributed by atoms with Crippen LogP contribution in [0.25, 0.3) is 0 Å². The topological polar surface area (TPSA) is 78.4 Å². The van der Waals surface area contributed by atoms with Crippen LogP contribution in [-0.2, 0) is 6.54 Å². The Bertz CT molecular complexity index is 841. The highest BCUT2D eigenvalue weighted by Crippen LogP contribution is 2.24. The Morgan fingerprint density at radius 2 is 1.97 bits per heavy atom. The fourth-order valence-electron chi connectivity index (χ4n) is 3.53. The van der Waals surface area contributed by atoms with Gasteiger partial charge >= 0.3 is 0 Å². The van der Waals surface area contributed by atoms with E-state index >= 15 is 0 Å². The van der Waals surface area contributed by atoms with Crippen molar-refractivity contribution in [1.29, 1.82) is 0 Å². The Hall–Kier alpha value is -3.09. The van der Waals surface area contributed by atoms with Gasteiger partial charge in [-0.25, -0.2) is 0 Å². The van der Waals surface area contributed by atoms with Crippen LogP contribution in [0.2, 0.25) is 0 Å². The average molecular weight is 399 g/mol. The molecule has 1 heterocycles. The van der Waals surface area contributed by atoms with Crippen molar-refractivity contribution >= 4 is 11.6 Å². The number of aliphatic imine (C=N–C) groups is 1. The van der Waals surface area contributed by atoms with E-state index in [4.69, 9.17) is 9.47 Å². The monoisotopic (exact) mass is 398 g/mol. The molecular formula is C22H30N4O3. The summed E-state index contributed by atoms with van der Waals surface area (Å²) in [7, 11) is 5.06. The molecule has 1 fully saturated rings. The number of ether oxygens (including phenoxy) is 2. The van der Waals surface area contributed by atoms with E-state index in [0.717, 1.165) is 37.2 Å². The number of rotatable bonds is 6. The second-order valence-corrected chi connectivity index (χ2v) is 7.05. The van der Waals surface area contributed by atoms with Crippen molar-refractivity contribution in [2.75, 3.05) is 39.3 Å². The quantitative estimate of drug-likeness (QED) is 0.513. The van der Waals surface area contributed by atoms with Crippen LogP contribution < -0.4 is 25.0 Å². The van der Waals surface area contributed by atoms with Gasteiger partial charge in [0.15, 0.2) is 5.96 Å². The number of nitrogens with one attached hydrogen (secondary N) is 2. The van der Waals surface area contributed by atoms with Gasteiger partial charge in [-0.3, -0.25) is 4.99 Å². The van der Waals surface area contributed by atoms with Crippen molar-refractivity contribution in [3.63, 3.8) is 0 Å².